The molecule has 0 saturated carbocycles. The van der Waals surface area contributed by atoms with Crippen LogP contribution in [0.25, 0.3) is 11.8 Å². The quantitative estimate of drug-likeness (QED) is 0.878. The van der Waals surface area contributed by atoms with E-state index >= 15 is 0 Å². The van der Waals surface area contributed by atoms with Gasteiger partial charge in [0.25, 0.3) is 0 Å². The van der Waals surface area contributed by atoms with Crippen molar-refractivity contribution in [3.8, 4) is 0 Å². The van der Waals surface area contributed by atoms with Crippen LogP contribution in [0.15, 0.2) is 37.2 Å². The molecule has 6 heteroatoms. The molecular formula is C15H20N4O2. The highest BCUT2D eigenvalue weighted by atomic mass is 16.5. The van der Waals surface area contributed by atoms with Crippen molar-refractivity contribution in [1.29, 1.82) is 0 Å². The Kier molecular flexibility index (Phi) is 4.82. The number of hydrogen-bond donors (Lipinski definition) is 1. The summed E-state index contributed by atoms with van der Waals surface area (Å²) in [6.45, 7) is 6.10. The van der Waals surface area contributed by atoms with Crippen LogP contribution in [0.5, 0.6) is 0 Å². The molecule has 2 rings (SSSR count). The lowest BCUT2D eigenvalue weighted by Crippen LogP contribution is -2.41. The molecule has 21 heavy (non-hydrogen) atoms. The van der Waals surface area contributed by atoms with Crippen LogP contribution in [0.4, 0.5) is 0 Å². The van der Waals surface area contributed by atoms with E-state index in [0.717, 1.165) is 5.56 Å². The van der Waals surface area contributed by atoms with Gasteiger partial charge in [0.1, 0.15) is 18.8 Å². The summed E-state index contributed by atoms with van der Waals surface area (Å²) in [5, 5.41) is 14.8. The molecule has 0 saturated heterocycles. The molecule has 1 atom stereocenters. The zero-order valence-corrected chi connectivity index (χ0v) is 12.5. The van der Waals surface area contributed by atoms with Gasteiger partial charge in [0, 0.05) is 19.0 Å². The van der Waals surface area contributed by atoms with E-state index < -0.39 is 11.7 Å². The van der Waals surface area contributed by atoms with Crippen molar-refractivity contribution in [2.75, 3.05) is 6.61 Å². The zero-order chi connectivity index (χ0) is 15.3. The average molecular weight is 288 g/mol. The minimum Gasteiger partial charge on any atom is -0.384 e. The molecule has 0 spiro atoms. The molecule has 112 valence electrons. The Morgan fingerprint density at radius 1 is 1.48 bits per heavy atom. The number of aliphatic hydroxyl groups is 1. The Hall–Kier alpha value is -2.05. The number of rotatable bonds is 6. The van der Waals surface area contributed by atoms with E-state index in [2.05, 4.69) is 15.1 Å². The van der Waals surface area contributed by atoms with Crippen LogP contribution in [-0.2, 0) is 4.74 Å². The van der Waals surface area contributed by atoms with Crippen molar-refractivity contribution >= 4 is 11.8 Å². The SMILES string of the molecule is CCOC(C)(C)C(O)/C(=C/c1cccnc1)n1cncn1. The first kappa shape index (κ1) is 15.3. The smallest absolute Gasteiger partial charge is 0.138 e. The summed E-state index contributed by atoms with van der Waals surface area (Å²) in [5.41, 5.74) is 0.711. The summed E-state index contributed by atoms with van der Waals surface area (Å²) in [7, 11) is 0. The Bertz CT molecular complexity index is 579. The van der Waals surface area contributed by atoms with E-state index in [1.54, 1.807) is 23.4 Å². The fourth-order valence-electron chi connectivity index (χ4n) is 2.05. The van der Waals surface area contributed by atoms with Crippen LogP contribution < -0.4 is 0 Å². The van der Waals surface area contributed by atoms with Crippen molar-refractivity contribution < 1.29 is 9.84 Å². The molecule has 0 aliphatic rings. The third-order valence-electron chi connectivity index (χ3n) is 3.14. The van der Waals surface area contributed by atoms with Crippen molar-refractivity contribution in [2.24, 2.45) is 0 Å². The van der Waals surface area contributed by atoms with Gasteiger partial charge in [-0.3, -0.25) is 4.98 Å². The molecule has 0 aliphatic carbocycles. The van der Waals surface area contributed by atoms with E-state index in [1.165, 1.54) is 6.33 Å². The molecule has 1 N–H and O–H groups in total. The summed E-state index contributed by atoms with van der Waals surface area (Å²) < 4.78 is 7.18. The van der Waals surface area contributed by atoms with Crippen molar-refractivity contribution in [3.63, 3.8) is 0 Å². The molecule has 1 unspecified atom stereocenters. The molecule has 0 aliphatic heterocycles. The fraction of sp³-hybridized carbons (Fsp3) is 0.400. The molecule has 2 aromatic rings. The molecule has 2 heterocycles. The lowest BCUT2D eigenvalue weighted by atomic mass is 9.97. The maximum atomic E-state index is 10.7. The highest BCUT2D eigenvalue weighted by Gasteiger charge is 2.32. The Labute approximate surface area is 124 Å². The number of aliphatic hydroxyl groups excluding tert-OH is 1. The van der Waals surface area contributed by atoms with Crippen LogP contribution in [0.2, 0.25) is 0 Å². The van der Waals surface area contributed by atoms with E-state index in [9.17, 15) is 5.11 Å². The fourth-order valence-corrected chi connectivity index (χ4v) is 2.05. The van der Waals surface area contributed by atoms with E-state index in [0.29, 0.717) is 12.3 Å². The van der Waals surface area contributed by atoms with Crippen LogP contribution in [0.3, 0.4) is 0 Å². The van der Waals surface area contributed by atoms with Gasteiger partial charge in [-0.25, -0.2) is 9.67 Å². The maximum absolute atomic E-state index is 10.7. The minimum atomic E-state index is -0.862. The molecule has 0 radical (unpaired) electrons. The Morgan fingerprint density at radius 3 is 2.86 bits per heavy atom. The minimum absolute atomic E-state index is 0.515. The maximum Gasteiger partial charge on any atom is 0.138 e. The van der Waals surface area contributed by atoms with E-state index in [-0.39, 0.29) is 0 Å². The monoisotopic (exact) mass is 288 g/mol. The largest absolute Gasteiger partial charge is 0.384 e. The molecule has 0 fully saturated rings. The normalized spacial score (nSPS) is 14.2. The standard InChI is InChI=1S/C15H20N4O2/c1-4-21-15(2,3)14(20)13(19-11-17-10-18-19)8-12-6-5-7-16-9-12/h5-11,14,20H,4H2,1-3H3/b13-8-. The van der Waals surface area contributed by atoms with Crippen LogP contribution in [-0.4, -0.2) is 43.2 Å². The van der Waals surface area contributed by atoms with Crippen molar-refractivity contribution in [3.05, 3.63) is 42.7 Å². The summed E-state index contributed by atoms with van der Waals surface area (Å²) in [4.78, 5) is 8.01. The number of ether oxygens (including phenoxy) is 1. The second kappa shape index (κ2) is 6.60. The molecule has 2 aromatic heterocycles. The molecule has 0 aromatic carbocycles. The Morgan fingerprint density at radius 2 is 2.29 bits per heavy atom. The molecule has 0 bridgehead atoms. The number of pyridine rings is 1. The van der Waals surface area contributed by atoms with Crippen LogP contribution in [0, 0.1) is 0 Å². The topological polar surface area (TPSA) is 73.1 Å². The first-order chi connectivity index (χ1) is 10.0. The lowest BCUT2D eigenvalue weighted by molar-refractivity contribution is -0.0753. The predicted molar refractivity (Wildman–Crippen MR) is 80.1 cm³/mol. The Balaban J connectivity index is 2.40. The van der Waals surface area contributed by atoms with Gasteiger partial charge < -0.3 is 9.84 Å². The van der Waals surface area contributed by atoms with Gasteiger partial charge >= 0.3 is 0 Å². The first-order valence-corrected chi connectivity index (χ1v) is 6.83. The average Bonchev–Trinajstić information content (AvgIpc) is 2.99. The summed E-state index contributed by atoms with van der Waals surface area (Å²) in [6, 6.07) is 3.75. The summed E-state index contributed by atoms with van der Waals surface area (Å²) in [5.74, 6) is 0. The number of hydrogen-bond acceptors (Lipinski definition) is 5. The van der Waals surface area contributed by atoms with Crippen molar-refractivity contribution in [1.82, 2.24) is 19.7 Å². The van der Waals surface area contributed by atoms with Crippen LogP contribution >= 0.6 is 0 Å². The third-order valence-corrected chi connectivity index (χ3v) is 3.14. The molecular weight excluding hydrogens is 268 g/mol. The molecule has 0 amide bonds. The highest BCUT2D eigenvalue weighted by molar-refractivity contribution is 5.72. The van der Waals surface area contributed by atoms with Gasteiger partial charge in [0.15, 0.2) is 0 Å². The van der Waals surface area contributed by atoms with Gasteiger partial charge in [-0.15, -0.1) is 0 Å². The first-order valence-electron chi connectivity index (χ1n) is 6.83. The van der Waals surface area contributed by atoms with Gasteiger partial charge in [-0.05, 0) is 38.5 Å². The second-order valence-corrected chi connectivity index (χ2v) is 5.13. The van der Waals surface area contributed by atoms with E-state index in [4.69, 9.17) is 4.74 Å². The van der Waals surface area contributed by atoms with Gasteiger partial charge in [-0.1, -0.05) is 6.07 Å². The second-order valence-electron chi connectivity index (χ2n) is 5.13. The molecule has 6 nitrogen and oxygen atoms in total. The predicted octanol–water partition coefficient (Wildman–Crippen LogP) is 1.85. The third kappa shape index (κ3) is 3.74. The summed E-state index contributed by atoms with van der Waals surface area (Å²) >= 11 is 0. The van der Waals surface area contributed by atoms with Gasteiger partial charge in [0.05, 0.1) is 11.3 Å². The number of aromatic nitrogens is 4. The van der Waals surface area contributed by atoms with Gasteiger partial charge in [0.2, 0.25) is 0 Å². The van der Waals surface area contributed by atoms with Crippen molar-refractivity contribution in [2.45, 2.75) is 32.5 Å². The number of nitrogens with zero attached hydrogens (tertiary/aromatic N) is 4. The summed E-state index contributed by atoms with van der Waals surface area (Å²) in [6.07, 6.45) is 7.36. The van der Waals surface area contributed by atoms with Crippen LogP contribution in [0.1, 0.15) is 26.3 Å². The highest BCUT2D eigenvalue weighted by Crippen LogP contribution is 2.25. The zero-order valence-electron chi connectivity index (χ0n) is 12.5. The van der Waals surface area contributed by atoms with Gasteiger partial charge in [-0.2, -0.15) is 5.10 Å². The lowest BCUT2D eigenvalue weighted by Gasteiger charge is -2.31. The van der Waals surface area contributed by atoms with E-state index in [1.807, 2.05) is 39.0 Å².